The smallest absolute Gasteiger partial charge is 0.128 e. The van der Waals surface area contributed by atoms with Gasteiger partial charge in [0, 0.05) is 39.5 Å². The highest BCUT2D eigenvalue weighted by molar-refractivity contribution is 9.10. The van der Waals surface area contributed by atoms with Crippen molar-refractivity contribution < 1.29 is 4.21 Å². The van der Waals surface area contributed by atoms with Gasteiger partial charge in [-0.25, -0.2) is 4.98 Å². The van der Waals surface area contributed by atoms with Crippen LogP contribution in [-0.4, -0.2) is 27.2 Å². The molecule has 1 aromatic heterocycles. The predicted molar refractivity (Wildman–Crippen MR) is 68.7 cm³/mol. The maximum absolute atomic E-state index is 11.2. The van der Waals surface area contributed by atoms with E-state index < -0.39 is 10.8 Å². The van der Waals surface area contributed by atoms with Gasteiger partial charge in [0.05, 0.1) is 0 Å². The Morgan fingerprint density at radius 3 is 2.93 bits per heavy atom. The molecule has 1 atom stereocenters. The van der Waals surface area contributed by atoms with Crippen LogP contribution in [0.5, 0.6) is 0 Å². The van der Waals surface area contributed by atoms with E-state index in [1.54, 1.807) is 6.20 Å². The highest BCUT2D eigenvalue weighted by Crippen LogP contribution is 2.16. The van der Waals surface area contributed by atoms with E-state index in [-0.39, 0.29) is 0 Å². The maximum atomic E-state index is 11.2. The summed E-state index contributed by atoms with van der Waals surface area (Å²) in [5.74, 6) is 2.26. The largest absolute Gasteiger partial charge is 0.369 e. The van der Waals surface area contributed by atoms with Crippen molar-refractivity contribution in [2.45, 2.75) is 13.8 Å². The number of aryl methyl sites for hydroxylation is 1. The Balaban J connectivity index is 2.47. The minimum absolute atomic E-state index is 0.674. The van der Waals surface area contributed by atoms with Crippen molar-refractivity contribution in [1.82, 2.24) is 4.98 Å². The summed E-state index contributed by atoms with van der Waals surface area (Å²) in [4.78, 5) is 4.24. The van der Waals surface area contributed by atoms with Gasteiger partial charge in [0.25, 0.3) is 0 Å². The molecule has 0 spiro atoms. The molecule has 0 aliphatic heterocycles. The van der Waals surface area contributed by atoms with Gasteiger partial charge in [-0.3, -0.25) is 4.21 Å². The molecule has 0 fully saturated rings. The molecule has 1 aromatic rings. The van der Waals surface area contributed by atoms with Gasteiger partial charge in [-0.05, 0) is 34.5 Å². The number of nitrogens with one attached hydrogen (secondary N) is 1. The summed E-state index contributed by atoms with van der Waals surface area (Å²) in [5.41, 5.74) is 1.09. The molecule has 15 heavy (non-hydrogen) atoms. The molecule has 0 aromatic carbocycles. The SMILES string of the molecule is CC[S@](=O)CCNc1ncc(Br)cc1C. The number of pyridine rings is 1. The first-order valence-electron chi connectivity index (χ1n) is 4.84. The Bertz CT molecular complexity index is 357. The standard InChI is InChI=1S/C10H15BrN2OS/c1-3-15(14)5-4-12-10-8(2)6-9(11)7-13-10/h6-7H,3-5H2,1-2H3,(H,12,13)/t15-/m0/s1. The molecule has 5 heteroatoms. The van der Waals surface area contributed by atoms with Crippen LogP contribution in [0.25, 0.3) is 0 Å². The van der Waals surface area contributed by atoms with E-state index in [4.69, 9.17) is 0 Å². The van der Waals surface area contributed by atoms with Gasteiger partial charge in [0.2, 0.25) is 0 Å². The minimum atomic E-state index is -0.711. The number of nitrogens with zero attached hydrogens (tertiary/aromatic N) is 1. The van der Waals surface area contributed by atoms with E-state index in [1.165, 1.54) is 0 Å². The molecule has 1 rings (SSSR count). The third kappa shape index (κ3) is 4.30. The Morgan fingerprint density at radius 2 is 2.33 bits per heavy atom. The molecule has 0 aliphatic rings. The topological polar surface area (TPSA) is 42.0 Å². The second-order valence-electron chi connectivity index (χ2n) is 3.18. The summed E-state index contributed by atoms with van der Waals surface area (Å²) in [7, 11) is -0.711. The van der Waals surface area contributed by atoms with Crippen molar-refractivity contribution in [1.29, 1.82) is 0 Å². The van der Waals surface area contributed by atoms with Crippen LogP contribution < -0.4 is 5.32 Å². The molecule has 0 saturated carbocycles. The molecule has 0 radical (unpaired) electrons. The van der Waals surface area contributed by atoms with Gasteiger partial charge in [-0.1, -0.05) is 6.92 Å². The van der Waals surface area contributed by atoms with Crippen LogP contribution in [0, 0.1) is 6.92 Å². The molecule has 0 unspecified atom stereocenters. The van der Waals surface area contributed by atoms with E-state index in [0.717, 1.165) is 15.9 Å². The Morgan fingerprint density at radius 1 is 1.60 bits per heavy atom. The number of halogens is 1. The van der Waals surface area contributed by atoms with E-state index in [2.05, 4.69) is 26.2 Å². The van der Waals surface area contributed by atoms with Crippen molar-refractivity contribution >= 4 is 32.5 Å². The van der Waals surface area contributed by atoms with Crippen LogP contribution in [0.1, 0.15) is 12.5 Å². The third-order valence-corrected chi connectivity index (χ3v) is 3.73. The van der Waals surface area contributed by atoms with E-state index in [9.17, 15) is 4.21 Å². The lowest BCUT2D eigenvalue weighted by atomic mass is 10.3. The zero-order valence-electron chi connectivity index (χ0n) is 8.92. The lowest BCUT2D eigenvalue weighted by Gasteiger charge is -2.07. The van der Waals surface area contributed by atoms with Crippen LogP contribution in [0.3, 0.4) is 0 Å². The number of anilines is 1. The monoisotopic (exact) mass is 290 g/mol. The van der Waals surface area contributed by atoms with Gasteiger partial charge < -0.3 is 5.32 Å². The average Bonchev–Trinajstić information content (AvgIpc) is 2.21. The second kappa shape index (κ2) is 6.23. The molecule has 3 nitrogen and oxygen atoms in total. The third-order valence-electron chi connectivity index (χ3n) is 1.99. The summed E-state index contributed by atoms with van der Waals surface area (Å²) in [6.45, 7) is 4.63. The van der Waals surface area contributed by atoms with Gasteiger partial charge in [0.1, 0.15) is 5.82 Å². The Kier molecular flexibility index (Phi) is 5.25. The molecule has 0 saturated heterocycles. The molecule has 0 bridgehead atoms. The summed E-state index contributed by atoms with van der Waals surface area (Å²) in [6.07, 6.45) is 1.76. The molecule has 84 valence electrons. The fourth-order valence-electron chi connectivity index (χ4n) is 1.15. The van der Waals surface area contributed by atoms with E-state index >= 15 is 0 Å². The number of aromatic nitrogens is 1. The molecule has 0 amide bonds. The highest BCUT2D eigenvalue weighted by Gasteiger charge is 2.01. The predicted octanol–water partition coefficient (Wildman–Crippen LogP) is 2.33. The first-order valence-corrected chi connectivity index (χ1v) is 7.12. The summed E-state index contributed by atoms with van der Waals surface area (Å²) >= 11 is 3.36. The van der Waals surface area contributed by atoms with Crippen molar-refractivity contribution in [2.75, 3.05) is 23.4 Å². The zero-order valence-corrected chi connectivity index (χ0v) is 11.3. The quantitative estimate of drug-likeness (QED) is 0.905. The number of rotatable bonds is 5. The highest BCUT2D eigenvalue weighted by atomic mass is 79.9. The summed E-state index contributed by atoms with van der Waals surface area (Å²) in [5, 5.41) is 3.18. The summed E-state index contributed by atoms with van der Waals surface area (Å²) in [6, 6.07) is 2.01. The Labute approximate surface area is 101 Å². The fraction of sp³-hybridized carbons (Fsp3) is 0.500. The van der Waals surface area contributed by atoms with Crippen molar-refractivity contribution in [3.05, 3.63) is 22.3 Å². The normalized spacial score (nSPS) is 12.5. The lowest BCUT2D eigenvalue weighted by Crippen LogP contribution is -2.13. The van der Waals surface area contributed by atoms with E-state index in [1.807, 2.05) is 19.9 Å². The Hall–Kier alpha value is -0.420. The first-order chi connectivity index (χ1) is 7.13. The zero-order chi connectivity index (χ0) is 11.3. The van der Waals surface area contributed by atoms with Gasteiger partial charge in [0.15, 0.2) is 0 Å². The van der Waals surface area contributed by atoms with Crippen molar-refractivity contribution in [3.63, 3.8) is 0 Å². The average molecular weight is 291 g/mol. The fourth-order valence-corrected chi connectivity index (χ4v) is 2.22. The van der Waals surface area contributed by atoms with E-state index in [0.29, 0.717) is 18.1 Å². The van der Waals surface area contributed by atoms with Gasteiger partial charge in [-0.2, -0.15) is 0 Å². The van der Waals surface area contributed by atoms with Crippen LogP contribution >= 0.6 is 15.9 Å². The molecular weight excluding hydrogens is 276 g/mol. The van der Waals surface area contributed by atoms with Crippen molar-refractivity contribution in [2.24, 2.45) is 0 Å². The van der Waals surface area contributed by atoms with Crippen LogP contribution in [0.2, 0.25) is 0 Å². The lowest BCUT2D eigenvalue weighted by molar-refractivity contribution is 0.684. The molecule has 1 N–H and O–H groups in total. The number of hydrogen-bond acceptors (Lipinski definition) is 3. The maximum Gasteiger partial charge on any atom is 0.128 e. The van der Waals surface area contributed by atoms with Crippen molar-refractivity contribution in [3.8, 4) is 0 Å². The van der Waals surface area contributed by atoms with Gasteiger partial charge >= 0.3 is 0 Å². The molecular formula is C10H15BrN2OS. The van der Waals surface area contributed by atoms with Crippen LogP contribution in [0.15, 0.2) is 16.7 Å². The minimum Gasteiger partial charge on any atom is -0.369 e. The van der Waals surface area contributed by atoms with Gasteiger partial charge in [-0.15, -0.1) is 0 Å². The van der Waals surface area contributed by atoms with Crippen LogP contribution in [-0.2, 0) is 10.8 Å². The second-order valence-corrected chi connectivity index (χ2v) is 5.96. The van der Waals surface area contributed by atoms with Crippen LogP contribution in [0.4, 0.5) is 5.82 Å². The first kappa shape index (κ1) is 12.6. The molecule has 1 heterocycles. The number of hydrogen-bond donors (Lipinski definition) is 1. The molecule has 0 aliphatic carbocycles. The summed E-state index contributed by atoms with van der Waals surface area (Å²) < 4.78 is 12.2.